The lowest BCUT2D eigenvalue weighted by Gasteiger charge is -2.06. The Morgan fingerprint density at radius 2 is 1.69 bits per heavy atom. The molecular weight excluding hydrogens is 432 g/mol. The second-order valence-electron chi connectivity index (χ2n) is 6.75. The minimum Gasteiger partial charge on any atom is -0.423 e. The zero-order chi connectivity index (χ0) is 20.9. The molecule has 0 radical (unpaired) electrons. The highest BCUT2D eigenvalue weighted by Gasteiger charge is 2.11. The van der Waals surface area contributed by atoms with Crippen molar-refractivity contribution in [2.75, 3.05) is 0 Å². The lowest BCUT2D eigenvalue weighted by Crippen LogP contribution is -2.16. The molecule has 2 aromatic carbocycles. The average molecular weight is 459 g/mol. The molecule has 0 fully saturated rings. The fraction of sp³-hybridized carbons (Fsp3) is 0.348. The highest BCUT2D eigenvalue weighted by Crippen LogP contribution is 2.19. The second kappa shape index (κ2) is 12.9. The predicted octanol–water partition coefficient (Wildman–Crippen LogP) is 5.87. The van der Waals surface area contributed by atoms with E-state index in [4.69, 9.17) is 4.74 Å². The first-order chi connectivity index (χ1) is 14.1. The van der Waals surface area contributed by atoms with E-state index in [1.165, 1.54) is 25.7 Å². The first-order valence-electron chi connectivity index (χ1n) is 9.99. The van der Waals surface area contributed by atoms with Crippen LogP contribution in [0.3, 0.4) is 0 Å². The van der Waals surface area contributed by atoms with Gasteiger partial charge in [-0.3, -0.25) is 4.79 Å². The van der Waals surface area contributed by atoms with E-state index in [9.17, 15) is 9.59 Å². The number of carbonyl (C=O) groups excluding carboxylic acids is 2. The topological polar surface area (TPSA) is 67.8 Å². The maximum atomic E-state index is 12.2. The lowest BCUT2D eigenvalue weighted by molar-refractivity contribution is -0.121. The number of nitrogens with one attached hydrogen (secondary N) is 1. The molecule has 0 bridgehead atoms. The number of ether oxygens (including phenoxy) is 1. The number of halogens is 1. The van der Waals surface area contributed by atoms with E-state index in [2.05, 4.69) is 33.4 Å². The highest BCUT2D eigenvalue weighted by molar-refractivity contribution is 9.10. The van der Waals surface area contributed by atoms with Crippen molar-refractivity contribution in [2.24, 2.45) is 5.10 Å². The number of carbonyl (C=O) groups is 2. The maximum absolute atomic E-state index is 12.2. The van der Waals surface area contributed by atoms with Crippen molar-refractivity contribution in [3.05, 3.63) is 64.1 Å². The van der Waals surface area contributed by atoms with Crippen molar-refractivity contribution in [1.82, 2.24) is 5.43 Å². The van der Waals surface area contributed by atoms with Crippen molar-refractivity contribution in [3.63, 3.8) is 0 Å². The summed E-state index contributed by atoms with van der Waals surface area (Å²) in [6, 6.07) is 14.0. The van der Waals surface area contributed by atoms with Gasteiger partial charge in [0.25, 0.3) is 0 Å². The van der Waals surface area contributed by atoms with Crippen LogP contribution in [-0.4, -0.2) is 18.1 Å². The SMILES string of the molecule is CCCCCCCCC(=O)NN=Cc1ccc(OC(=O)c2ccccc2Br)cc1. The molecule has 0 unspecified atom stereocenters. The Balaban J connectivity index is 1.73. The number of amides is 1. The zero-order valence-corrected chi connectivity index (χ0v) is 18.3. The fourth-order valence-corrected chi connectivity index (χ4v) is 3.16. The summed E-state index contributed by atoms with van der Waals surface area (Å²) < 4.78 is 6.06. The first kappa shape index (κ1) is 22.8. The van der Waals surface area contributed by atoms with Crippen molar-refractivity contribution >= 4 is 34.0 Å². The maximum Gasteiger partial charge on any atom is 0.344 e. The summed E-state index contributed by atoms with van der Waals surface area (Å²) in [7, 11) is 0. The third-order valence-corrected chi connectivity index (χ3v) is 5.04. The number of unbranched alkanes of at least 4 members (excludes halogenated alkanes) is 5. The standard InChI is InChI=1S/C23H27BrN2O3/c1-2-3-4-5-6-7-12-22(27)26-25-17-18-13-15-19(16-14-18)29-23(28)20-10-8-9-11-21(20)24/h8-11,13-17H,2-7,12H2,1H3,(H,26,27). The monoisotopic (exact) mass is 458 g/mol. The molecule has 0 saturated heterocycles. The fourth-order valence-electron chi connectivity index (χ4n) is 2.71. The van der Waals surface area contributed by atoms with E-state index in [-0.39, 0.29) is 5.91 Å². The summed E-state index contributed by atoms with van der Waals surface area (Å²) in [6.45, 7) is 2.19. The van der Waals surface area contributed by atoms with Gasteiger partial charge in [-0.05, 0) is 64.3 Å². The molecule has 29 heavy (non-hydrogen) atoms. The first-order valence-corrected chi connectivity index (χ1v) is 10.8. The minimum atomic E-state index is -0.430. The van der Waals surface area contributed by atoms with Crippen LogP contribution in [0.5, 0.6) is 5.75 Å². The number of esters is 1. The largest absolute Gasteiger partial charge is 0.423 e. The predicted molar refractivity (Wildman–Crippen MR) is 119 cm³/mol. The molecule has 154 valence electrons. The van der Waals surface area contributed by atoms with Crippen LogP contribution in [0.2, 0.25) is 0 Å². The third kappa shape index (κ3) is 8.60. The molecule has 0 aromatic heterocycles. The Hall–Kier alpha value is -2.47. The van der Waals surface area contributed by atoms with Gasteiger partial charge in [0.05, 0.1) is 11.8 Å². The Bertz CT molecular complexity index is 819. The smallest absolute Gasteiger partial charge is 0.344 e. The van der Waals surface area contributed by atoms with Gasteiger partial charge in [0.1, 0.15) is 5.75 Å². The van der Waals surface area contributed by atoms with Crippen LogP contribution in [0.1, 0.15) is 67.8 Å². The van der Waals surface area contributed by atoms with Crippen LogP contribution in [0.4, 0.5) is 0 Å². The molecule has 0 spiro atoms. The molecule has 6 heteroatoms. The lowest BCUT2D eigenvalue weighted by atomic mass is 10.1. The van der Waals surface area contributed by atoms with Crippen molar-refractivity contribution in [2.45, 2.75) is 51.9 Å². The minimum absolute atomic E-state index is 0.0734. The van der Waals surface area contributed by atoms with Crippen LogP contribution >= 0.6 is 15.9 Å². The molecule has 0 aliphatic heterocycles. The Morgan fingerprint density at radius 3 is 2.41 bits per heavy atom. The van der Waals surface area contributed by atoms with Gasteiger partial charge in [-0.2, -0.15) is 5.10 Å². The van der Waals surface area contributed by atoms with Gasteiger partial charge in [-0.25, -0.2) is 10.2 Å². The van der Waals surface area contributed by atoms with Gasteiger partial charge in [-0.1, -0.05) is 51.2 Å². The highest BCUT2D eigenvalue weighted by atomic mass is 79.9. The summed E-state index contributed by atoms with van der Waals surface area (Å²) in [5, 5.41) is 3.98. The van der Waals surface area contributed by atoms with Crippen LogP contribution in [0, 0.1) is 0 Å². The Kier molecular flexibility index (Phi) is 10.1. The molecule has 0 heterocycles. The molecule has 1 N–H and O–H groups in total. The van der Waals surface area contributed by atoms with Gasteiger partial charge < -0.3 is 4.74 Å². The summed E-state index contributed by atoms with van der Waals surface area (Å²) in [5.41, 5.74) is 3.81. The normalized spacial score (nSPS) is 10.8. The Morgan fingerprint density at radius 1 is 1.00 bits per heavy atom. The van der Waals surface area contributed by atoms with E-state index >= 15 is 0 Å². The number of nitrogens with zero attached hydrogens (tertiary/aromatic N) is 1. The molecule has 2 aromatic rings. The summed E-state index contributed by atoms with van der Waals surface area (Å²) in [4.78, 5) is 24.0. The van der Waals surface area contributed by atoms with Crippen LogP contribution < -0.4 is 10.2 Å². The summed E-state index contributed by atoms with van der Waals surface area (Å²) in [5.74, 6) is -0.0633. The van der Waals surface area contributed by atoms with Gasteiger partial charge >= 0.3 is 5.97 Å². The second-order valence-corrected chi connectivity index (χ2v) is 7.60. The number of hydrogen-bond donors (Lipinski definition) is 1. The quantitative estimate of drug-likeness (QED) is 0.150. The molecule has 0 aliphatic carbocycles. The van der Waals surface area contributed by atoms with E-state index < -0.39 is 5.97 Å². The van der Waals surface area contributed by atoms with Crippen molar-refractivity contribution < 1.29 is 14.3 Å². The molecule has 5 nitrogen and oxygen atoms in total. The Labute approximate surface area is 180 Å². The molecular formula is C23H27BrN2O3. The molecule has 0 saturated carbocycles. The van der Waals surface area contributed by atoms with E-state index in [0.717, 1.165) is 18.4 Å². The average Bonchev–Trinajstić information content (AvgIpc) is 2.72. The molecule has 2 rings (SSSR count). The molecule has 1 amide bonds. The van der Waals surface area contributed by atoms with E-state index in [1.54, 1.807) is 48.7 Å². The van der Waals surface area contributed by atoms with Crippen molar-refractivity contribution in [3.8, 4) is 5.75 Å². The van der Waals surface area contributed by atoms with Crippen LogP contribution in [0.25, 0.3) is 0 Å². The van der Waals surface area contributed by atoms with E-state index in [0.29, 0.717) is 22.2 Å². The molecule has 0 aliphatic rings. The number of hydrazone groups is 1. The third-order valence-electron chi connectivity index (χ3n) is 4.34. The number of benzene rings is 2. The summed E-state index contributed by atoms with van der Waals surface area (Å²) in [6.07, 6.45) is 8.94. The number of rotatable bonds is 11. The zero-order valence-electron chi connectivity index (χ0n) is 16.7. The van der Waals surface area contributed by atoms with Gasteiger partial charge in [0.15, 0.2) is 0 Å². The number of hydrogen-bond acceptors (Lipinski definition) is 4. The summed E-state index contributed by atoms with van der Waals surface area (Å²) >= 11 is 3.34. The van der Waals surface area contributed by atoms with E-state index in [1.807, 2.05) is 6.07 Å². The van der Waals surface area contributed by atoms with Gasteiger partial charge in [0.2, 0.25) is 5.91 Å². The van der Waals surface area contributed by atoms with Crippen molar-refractivity contribution in [1.29, 1.82) is 0 Å². The van der Waals surface area contributed by atoms with Crippen LogP contribution in [0.15, 0.2) is 58.1 Å². The van der Waals surface area contributed by atoms with Crippen LogP contribution in [-0.2, 0) is 4.79 Å². The van der Waals surface area contributed by atoms with Gasteiger partial charge in [0, 0.05) is 10.9 Å². The van der Waals surface area contributed by atoms with Gasteiger partial charge in [-0.15, -0.1) is 0 Å². The molecule has 0 atom stereocenters.